The van der Waals surface area contributed by atoms with Gasteiger partial charge < -0.3 is 15.5 Å². The van der Waals surface area contributed by atoms with Crippen LogP contribution < -0.4 is 16.7 Å². The van der Waals surface area contributed by atoms with Crippen molar-refractivity contribution in [3.8, 4) is 11.1 Å². The summed E-state index contributed by atoms with van der Waals surface area (Å²) in [4.78, 5) is 24.7. The van der Waals surface area contributed by atoms with Crippen LogP contribution in [0.15, 0.2) is 64.3 Å². The van der Waals surface area contributed by atoms with E-state index in [1.54, 1.807) is 6.07 Å². The van der Waals surface area contributed by atoms with Crippen molar-refractivity contribution in [3.05, 3.63) is 71.1 Å². The Balaban J connectivity index is 2.09. The summed E-state index contributed by atoms with van der Waals surface area (Å²) in [7, 11) is 0. The van der Waals surface area contributed by atoms with Crippen molar-refractivity contribution in [1.29, 1.82) is 0 Å². The summed E-state index contributed by atoms with van der Waals surface area (Å²) in [6.07, 6.45) is 2.75. The van der Waals surface area contributed by atoms with Crippen molar-refractivity contribution in [1.82, 2.24) is 15.0 Å². The molecule has 0 unspecified atom stereocenters. The third kappa shape index (κ3) is 2.65. The number of nitrogen functional groups attached to an aromatic ring is 1. The molecular weight excluding hydrogens is 330 g/mol. The summed E-state index contributed by atoms with van der Waals surface area (Å²) in [6.45, 7) is 1.90. The maximum Gasteiger partial charge on any atom is 0.346 e. The number of hydrogen-bond acceptors (Lipinski definition) is 7. The van der Waals surface area contributed by atoms with Gasteiger partial charge in [-0.3, -0.25) is 0 Å². The molecule has 4 rings (SSSR count). The van der Waals surface area contributed by atoms with Crippen LogP contribution in [0, 0.1) is 6.92 Å². The zero-order valence-electron chi connectivity index (χ0n) is 13.9. The molecule has 0 aliphatic rings. The van der Waals surface area contributed by atoms with Crippen LogP contribution in [0.5, 0.6) is 0 Å². The second-order valence-corrected chi connectivity index (χ2v) is 5.76. The van der Waals surface area contributed by atoms with Crippen LogP contribution in [0.25, 0.3) is 22.1 Å². The van der Waals surface area contributed by atoms with Gasteiger partial charge >= 0.3 is 5.63 Å². The molecule has 26 heavy (non-hydrogen) atoms. The van der Waals surface area contributed by atoms with Gasteiger partial charge in [0.2, 0.25) is 5.95 Å². The number of nitrogens with zero attached hydrogens (tertiary/aromatic N) is 3. The number of hydrogen-bond donors (Lipinski definition) is 2. The number of benzene rings is 2. The Kier molecular flexibility index (Phi) is 3.81. The van der Waals surface area contributed by atoms with E-state index < -0.39 is 5.63 Å². The van der Waals surface area contributed by atoms with Gasteiger partial charge in [0.05, 0.1) is 16.6 Å². The average molecular weight is 345 g/mol. The fourth-order valence-corrected chi connectivity index (χ4v) is 2.83. The van der Waals surface area contributed by atoms with E-state index in [1.807, 2.05) is 43.3 Å². The van der Waals surface area contributed by atoms with Gasteiger partial charge in [-0.25, -0.2) is 19.7 Å². The standard InChI is InChI=1S/C19H15N5O2/c1-11-7-8-13-15(16(11)20)17(24-19-22-9-21-10-23-19)14(18(25)26-13)12-5-3-2-4-6-12/h2-10H,20H2,1H3,(H,21,22,23,24). The van der Waals surface area contributed by atoms with Crippen LogP contribution in [0.4, 0.5) is 17.3 Å². The molecule has 0 atom stereocenters. The van der Waals surface area contributed by atoms with Gasteiger partial charge in [0.15, 0.2) is 0 Å². The summed E-state index contributed by atoms with van der Waals surface area (Å²) in [5.41, 5.74) is 9.24. The van der Waals surface area contributed by atoms with Gasteiger partial charge in [0.25, 0.3) is 0 Å². The topological polar surface area (TPSA) is 107 Å². The zero-order chi connectivity index (χ0) is 18.1. The number of anilines is 3. The molecule has 0 aliphatic carbocycles. The van der Waals surface area contributed by atoms with Gasteiger partial charge in [0, 0.05) is 5.69 Å². The van der Waals surface area contributed by atoms with Crippen molar-refractivity contribution in [2.75, 3.05) is 11.1 Å². The molecule has 3 N–H and O–H groups in total. The molecule has 2 heterocycles. The first-order valence-corrected chi connectivity index (χ1v) is 7.95. The molecule has 2 aromatic carbocycles. The van der Waals surface area contributed by atoms with Crippen LogP contribution >= 0.6 is 0 Å². The Morgan fingerprint density at radius 3 is 2.50 bits per heavy atom. The van der Waals surface area contributed by atoms with Crippen LogP contribution in [-0.2, 0) is 0 Å². The molecule has 0 saturated heterocycles. The van der Waals surface area contributed by atoms with Crippen LogP contribution in [0.1, 0.15) is 5.56 Å². The summed E-state index contributed by atoms with van der Waals surface area (Å²) >= 11 is 0. The van der Waals surface area contributed by atoms with Crippen LogP contribution in [0.3, 0.4) is 0 Å². The molecule has 0 saturated carbocycles. The number of nitrogens with one attached hydrogen (secondary N) is 1. The number of nitrogens with two attached hydrogens (primary N) is 1. The lowest BCUT2D eigenvalue weighted by Crippen LogP contribution is -2.10. The first-order valence-electron chi connectivity index (χ1n) is 7.95. The lowest BCUT2D eigenvalue weighted by atomic mass is 10.0. The van der Waals surface area contributed by atoms with Crippen molar-refractivity contribution >= 4 is 28.3 Å². The minimum Gasteiger partial charge on any atom is -0.422 e. The molecular formula is C19H15N5O2. The maximum atomic E-state index is 12.7. The molecule has 7 nitrogen and oxygen atoms in total. The predicted octanol–water partition coefficient (Wildman–Crippen LogP) is 3.28. The molecule has 0 aliphatic heterocycles. The van der Waals surface area contributed by atoms with Crippen LogP contribution in [0.2, 0.25) is 0 Å². The van der Waals surface area contributed by atoms with Crippen molar-refractivity contribution in [2.24, 2.45) is 0 Å². The summed E-state index contributed by atoms with van der Waals surface area (Å²) in [5, 5.41) is 3.74. The lowest BCUT2D eigenvalue weighted by molar-refractivity contribution is 0.564. The highest BCUT2D eigenvalue weighted by atomic mass is 16.4. The highest BCUT2D eigenvalue weighted by Crippen LogP contribution is 2.37. The van der Waals surface area contributed by atoms with E-state index in [1.165, 1.54) is 12.7 Å². The molecule has 0 bridgehead atoms. The molecule has 0 spiro atoms. The van der Waals surface area contributed by atoms with Gasteiger partial charge in [0.1, 0.15) is 18.2 Å². The molecule has 0 amide bonds. The lowest BCUT2D eigenvalue weighted by Gasteiger charge is -2.15. The van der Waals surface area contributed by atoms with Crippen molar-refractivity contribution < 1.29 is 4.42 Å². The van der Waals surface area contributed by atoms with Gasteiger partial charge in [-0.2, -0.15) is 0 Å². The van der Waals surface area contributed by atoms with E-state index in [2.05, 4.69) is 20.3 Å². The van der Waals surface area contributed by atoms with Crippen molar-refractivity contribution in [2.45, 2.75) is 6.92 Å². The third-order valence-corrected chi connectivity index (χ3v) is 4.12. The first-order chi connectivity index (χ1) is 12.6. The Morgan fingerprint density at radius 1 is 1.04 bits per heavy atom. The first kappa shape index (κ1) is 15.8. The van der Waals surface area contributed by atoms with E-state index in [4.69, 9.17) is 10.2 Å². The van der Waals surface area contributed by atoms with Gasteiger partial charge in [-0.15, -0.1) is 0 Å². The van der Waals surface area contributed by atoms with E-state index >= 15 is 0 Å². The van der Waals surface area contributed by atoms with Gasteiger partial charge in [-0.05, 0) is 24.1 Å². The quantitative estimate of drug-likeness (QED) is 0.433. The number of fused-ring (bicyclic) bond motifs is 1. The second-order valence-electron chi connectivity index (χ2n) is 5.76. The Morgan fingerprint density at radius 2 is 1.77 bits per heavy atom. The maximum absolute atomic E-state index is 12.7. The molecule has 7 heteroatoms. The molecule has 0 fully saturated rings. The fourth-order valence-electron chi connectivity index (χ4n) is 2.83. The Bertz CT molecular complexity index is 1140. The highest BCUT2D eigenvalue weighted by Gasteiger charge is 2.19. The monoisotopic (exact) mass is 345 g/mol. The minimum absolute atomic E-state index is 0.310. The van der Waals surface area contributed by atoms with E-state index in [0.29, 0.717) is 39.4 Å². The molecule has 0 radical (unpaired) electrons. The number of aromatic nitrogens is 3. The van der Waals surface area contributed by atoms with Gasteiger partial charge in [-0.1, -0.05) is 36.4 Å². The highest BCUT2D eigenvalue weighted by molar-refractivity contribution is 6.06. The molecule has 2 aromatic heterocycles. The Labute approximate surface area is 148 Å². The third-order valence-electron chi connectivity index (χ3n) is 4.12. The minimum atomic E-state index is -0.469. The number of aryl methyl sites for hydroxylation is 1. The van der Waals surface area contributed by atoms with E-state index in [0.717, 1.165) is 5.56 Å². The van der Waals surface area contributed by atoms with Crippen molar-refractivity contribution in [3.63, 3.8) is 0 Å². The molecule has 4 aromatic rings. The van der Waals surface area contributed by atoms with Crippen LogP contribution in [-0.4, -0.2) is 15.0 Å². The summed E-state index contributed by atoms with van der Waals surface area (Å²) in [5.74, 6) is 0.310. The van der Waals surface area contributed by atoms with E-state index in [9.17, 15) is 4.79 Å². The zero-order valence-corrected chi connectivity index (χ0v) is 13.9. The summed E-state index contributed by atoms with van der Waals surface area (Å²) < 4.78 is 5.53. The largest absolute Gasteiger partial charge is 0.422 e. The van der Waals surface area contributed by atoms with E-state index in [-0.39, 0.29) is 0 Å². The molecule has 128 valence electrons. The normalized spacial score (nSPS) is 10.8. The average Bonchev–Trinajstić information content (AvgIpc) is 2.66. The second kappa shape index (κ2) is 6.29. The summed E-state index contributed by atoms with van der Waals surface area (Å²) in [6, 6.07) is 12.8. The Hall–Kier alpha value is -3.74. The predicted molar refractivity (Wildman–Crippen MR) is 100 cm³/mol. The fraction of sp³-hybridized carbons (Fsp3) is 0.0526. The SMILES string of the molecule is Cc1ccc2oc(=O)c(-c3ccccc3)c(Nc3ncncn3)c2c1N. The smallest absolute Gasteiger partial charge is 0.346 e. The number of rotatable bonds is 3.